The highest BCUT2D eigenvalue weighted by Crippen LogP contribution is 2.25. The zero-order chi connectivity index (χ0) is 21.3. The van der Waals surface area contributed by atoms with Gasteiger partial charge in [-0.2, -0.15) is 5.10 Å². The molecule has 0 fully saturated rings. The van der Waals surface area contributed by atoms with Crippen molar-refractivity contribution in [2.24, 2.45) is 0 Å². The molecule has 0 bridgehead atoms. The van der Waals surface area contributed by atoms with E-state index in [-0.39, 0.29) is 5.63 Å². The number of rotatable bonds is 4. The zero-order valence-electron chi connectivity index (χ0n) is 15.8. The number of anilines is 2. The Morgan fingerprint density at radius 3 is 2.63 bits per heavy atom. The summed E-state index contributed by atoms with van der Waals surface area (Å²) in [4.78, 5) is 11.6. The maximum absolute atomic E-state index is 11.6. The van der Waals surface area contributed by atoms with Gasteiger partial charge in [0, 0.05) is 45.0 Å². The normalized spacial score (nSPS) is 10.9. The number of hydrogen-bond acceptors (Lipinski definition) is 4. The van der Waals surface area contributed by atoms with Crippen LogP contribution in [0.1, 0.15) is 11.1 Å². The van der Waals surface area contributed by atoms with Crippen molar-refractivity contribution >= 4 is 62.9 Å². The van der Waals surface area contributed by atoms with E-state index in [0.29, 0.717) is 38.7 Å². The molecule has 152 valence electrons. The molecule has 0 aliphatic carbocycles. The molecule has 30 heavy (non-hydrogen) atoms. The average molecular weight is 459 g/mol. The Hall–Kier alpha value is -2.87. The van der Waals surface area contributed by atoms with Crippen molar-refractivity contribution in [3.63, 3.8) is 0 Å². The molecular formula is C21H16Cl2N4O2S. The van der Waals surface area contributed by atoms with Gasteiger partial charge in [-0.3, -0.25) is 4.68 Å². The van der Waals surface area contributed by atoms with Crippen LogP contribution in [0.2, 0.25) is 10.0 Å². The number of fused-ring (bicyclic) bond motifs is 1. The predicted octanol–water partition coefficient (Wildman–Crippen LogP) is 5.46. The summed E-state index contributed by atoms with van der Waals surface area (Å²) in [6.07, 6.45) is 3.46. The Morgan fingerprint density at radius 1 is 1.13 bits per heavy atom. The third-order valence-corrected chi connectivity index (χ3v) is 5.39. The smallest absolute Gasteiger partial charge is 0.336 e. The summed E-state index contributed by atoms with van der Waals surface area (Å²) >= 11 is 17.8. The lowest BCUT2D eigenvalue weighted by atomic mass is 10.1. The first-order valence-electron chi connectivity index (χ1n) is 8.97. The summed E-state index contributed by atoms with van der Waals surface area (Å²) in [6.45, 7) is 2.30. The predicted molar refractivity (Wildman–Crippen MR) is 125 cm³/mol. The maximum atomic E-state index is 11.6. The topological polar surface area (TPSA) is 72.1 Å². The number of thiocarbonyl (C=S) groups is 1. The molecule has 2 heterocycles. The van der Waals surface area contributed by atoms with E-state index in [0.717, 1.165) is 16.5 Å². The summed E-state index contributed by atoms with van der Waals surface area (Å²) in [7, 11) is 0. The Bertz CT molecular complexity index is 1300. The molecule has 0 spiro atoms. The van der Waals surface area contributed by atoms with Crippen LogP contribution in [-0.4, -0.2) is 14.9 Å². The SMILES string of the molecule is Cc1cc(=O)oc2cc(NC(=S)Nc3cnn(Cc4c(Cl)cccc4Cl)c3)ccc12. The fourth-order valence-electron chi connectivity index (χ4n) is 3.06. The van der Waals surface area contributed by atoms with E-state index < -0.39 is 0 Å². The van der Waals surface area contributed by atoms with Crippen LogP contribution in [0.5, 0.6) is 0 Å². The van der Waals surface area contributed by atoms with Crippen LogP contribution in [-0.2, 0) is 6.54 Å². The number of nitrogens with one attached hydrogen (secondary N) is 2. The minimum Gasteiger partial charge on any atom is -0.423 e. The minimum absolute atomic E-state index is 0.375. The van der Waals surface area contributed by atoms with Crippen molar-refractivity contribution in [1.82, 2.24) is 9.78 Å². The summed E-state index contributed by atoms with van der Waals surface area (Å²) in [6, 6.07) is 12.3. The van der Waals surface area contributed by atoms with E-state index in [4.69, 9.17) is 39.8 Å². The van der Waals surface area contributed by atoms with Crippen molar-refractivity contribution in [1.29, 1.82) is 0 Å². The quantitative estimate of drug-likeness (QED) is 0.312. The molecule has 9 heteroatoms. The first-order valence-corrected chi connectivity index (χ1v) is 10.1. The molecule has 0 saturated heterocycles. The molecular weight excluding hydrogens is 443 g/mol. The van der Waals surface area contributed by atoms with Crippen LogP contribution in [0.4, 0.5) is 11.4 Å². The molecule has 2 aromatic carbocycles. The van der Waals surface area contributed by atoms with Gasteiger partial charge in [-0.15, -0.1) is 0 Å². The number of nitrogens with zero attached hydrogens (tertiary/aromatic N) is 2. The van der Waals surface area contributed by atoms with Gasteiger partial charge in [0.25, 0.3) is 0 Å². The van der Waals surface area contributed by atoms with E-state index in [1.54, 1.807) is 41.3 Å². The molecule has 0 atom stereocenters. The average Bonchev–Trinajstić information content (AvgIpc) is 3.11. The van der Waals surface area contributed by atoms with Crippen molar-refractivity contribution < 1.29 is 4.42 Å². The zero-order valence-corrected chi connectivity index (χ0v) is 18.1. The van der Waals surface area contributed by atoms with Gasteiger partial charge in [0.1, 0.15) is 5.58 Å². The minimum atomic E-state index is -0.385. The largest absolute Gasteiger partial charge is 0.423 e. The molecule has 0 saturated carbocycles. The summed E-state index contributed by atoms with van der Waals surface area (Å²) in [5.41, 5.74) is 3.17. The van der Waals surface area contributed by atoms with Gasteiger partial charge in [-0.1, -0.05) is 29.3 Å². The highest BCUT2D eigenvalue weighted by Gasteiger charge is 2.09. The second-order valence-electron chi connectivity index (χ2n) is 6.67. The highest BCUT2D eigenvalue weighted by atomic mass is 35.5. The molecule has 4 rings (SSSR count). The van der Waals surface area contributed by atoms with Crippen LogP contribution < -0.4 is 16.3 Å². The van der Waals surface area contributed by atoms with Gasteiger partial charge in [-0.05, 0) is 49.0 Å². The summed E-state index contributed by atoms with van der Waals surface area (Å²) in [5, 5.41) is 12.9. The van der Waals surface area contributed by atoms with Gasteiger partial charge in [0.2, 0.25) is 0 Å². The molecule has 0 radical (unpaired) electrons. The molecule has 0 amide bonds. The lowest BCUT2D eigenvalue weighted by Crippen LogP contribution is -2.18. The highest BCUT2D eigenvalue weighted by molar-refractivity contribution is 7.80. The van der Waals surface area contributed by atoms with Crippen molar-refractivity contribution in [3.05, 3.63) is 86.5 Å². The van der Waals surface area contributed by atoms with Crippen molar-refractivity contribution in [3.8, 4) is 0 Å². The van der Waals surface area contributed by atoms with E-state index >= 15 is 0 Å². The lowest BCUT2D eigenvalue weighted by Gasteiger charge is -2.10. The molecule has 2 N–H and O–H groups in total. The Labute approximate surface area is 187 Å². The molecule has 6 nitrogen and oxygen atoms in total. The van der Waals surface area contributed by atoms with Crippen LogP contribution in [0.25, 0.3) is 11.0 Å². The third kappa shape index (κ3) is 4.48. The molecule has 0 unspecified atom stereocenters. The van der Waals surface area contributed by atoms with E-state index in [2.05, 4.69) is 15.7 Å². The lowest BCUT2D eigenvalue weighted by molar-refractivity contribution is 0.560. The Kier molecular flexibility index (Phi) is 5.76. The second kappa shape index (κ2) is 8.47. The third-order valence-electron chi connectivity index (χ3n) is 4.48. The number of aryl methyl sites for hydroxylation is 1. The molecule has 4 aromatic rings. The monoisotopic (exact) mass is 458 g/mol. The van der Waals surface area contributed by atoms with Gasteiger partial charge in [-0.25, -0.2) is 4.79 Å². The van der Waals surface area contributed by atoms with Crippen LogP contribution in [0.15, 0.2) is 64.1 Å². The number of benzene rings is 2. The maximum Gasteiger partial charge on any atom is 0.336 e. The second-order valence-corrected chi connectivity index (χ2v) is 7.89. The van der Waals surface area contributed by atoms with Crippen LogP contribution in [0.3, 0.4) is 0 Å². The standard InChI is InChI=1S/C21H16Cl2N4O2S/c1-12-7-20(28)29-19-8-13(5-6-15(12)19)25-21(30)26-14-9-24-27(10-14)11-16-17(22)3-2-4-18(16)23/h2-10H,11H2,1H3,(H2,25,26,30). The molecule has 2 aromatic heterocycles. The summed E-state index contributed by atoms with van der Waals surface area (Å²) < 4.78 is 6.98. The first kappa shape index (κ1) is 20.4. The molecule has 0 aliphatic rings. The van der Waals surface area contributed by atoms with E-state index in [9.17, 15) is 4.79 Å². The van der Waals surface area contributed by atoms with Crippen LogP contribution >= 0.6 is 35.4 Å². The number of aromatic nitrogens is 2. The van der Waals surface area contributed by atoms with Crippen molar-refractivity contribution in [2.45, 2.75) is 13.5 Å². The van der Waals surface area contributed by atoms with Crippen LogP contribution in [0, 0.1) is 6.92 Å². The van der Waals surface area contributed by atoms with Crippen molar-refractivity contribution in [2.75, 3.05) is 10.6 Å². The fourth-order valence-corrected chi connectivity index (χ4v) is 3.81. The Morgan fingerprint density at radius 2 is 1.87 bits per heavy atom. The number of hydrogen-bond donors (Lipinski definition) is 2. The first-order chi connectivity index (χ1) is 14.4. The van der Waals surface area contributed by atoms with E-state index in [1.807, 2.05) is 19.1 Å². The van der Waals surface area contributed by atoms with Gasteiger partial charge in [0.05, 0.1) is 18.4 Å². The van der Waals surface area contributed by atoms with E-state index in [1.165, 1.54) is 6.07 Å². The van der Waals surface area contributed by atoms with Gasteiger partial charge >= 0.3 is 5.63 Å². The Balaban J connectivity index is 1.45. The van der Waals surface area contributed by atoms with Gasteiger partial charge < -0.3 is 15.1 Å². The van der Waals surface area contributed by atoms with Gasteiger partial charge in [0.15, 0.2) is 5.11 Å². The molecule has 0 aliphatic heterocycles. The fraction of sp³-hybridized carbons (Fsp3) is 0.0952. The number of halogens is 2. The summed E-state index contributed by atoms with van der Waals surface area (Å²) in [5.74, 6) is 0.